The third-order valence-corrected chi connectivity index (χ3v) is 5.68. The van der Waals surface area contributed by atoms with E-state index in [1.807, 2.05) is 32.9 Å². The van der Waals surface area contributed by atoms with Gasteiger partial charge in [-0.25, -0.2) is 8.42 Å². The number of benzene rings is 1. The summed E-state index contributed by atoms with van der Waals surface area (Å²) in [5, 5.41) is 6.52. The molecule has 0 bridgehead atoms. The summed E-state index contributed by atoms with van der Waals surface area (Å²) in [5.74, 6) is 0. The third kappa shape index (κ3) is 4.39. The highest BCUT2D eigenvalue weighted by Crippen LogP contribution is 2.19. The van der Waals surface area contributed by atoms with E-state index < -0.39 is 10.0 Å². The molecule has 118 valence electrons. The summed E-state index contributed by atoms with van der Waals surface area (Å²) >= 11 is 5.06. The van der Waals surface area contributed by atoms with Crippen LogP contribution in [-0.4, -0.2) is 38.0 Å². The Hall–Kier alpha value is -1.18. The molecule has 0 aliphatic rings. The summed E-state index contributed by atoms with van der Waals surface area (Å²) in [4.78, 5) is 0.318. The maximum Gasteiger partial charge on any atom is 0.243 e. The van der Waals surface area contributed by atoms with E-state index in [0.29, 0.717) is 23.1 Å². The monoisotopic (exact) mass is 329 g/mol. The number of sulfonamides is 1. The SMILES string of the molecule is CCN(CC)S(=O)(=O)c1ccc([C@@H](C)NC(=S)NC)cc1. The Labute approximate surface area is 132 Å². The Morgan fingerprint density at radius 1 is 1.24 bits per heavy atom. The highest BCUT2D eigenvalue weighted by Gasteiger charge is 2.21. The fraction of sp³-hybridized carbons (Fsp3) is 0.500. The largest absolute Gasteiger partial charge is 0.366 e. The number of thiocarbonyl (C=S) groups is 1. The zero-order chi connectivity index (χ0) is 16.0. The fourth-order valence-corrected chi connectivity index (χ4v) is 3.63. The molecule has 0 aliphatic carbocycles. The molecule has 0 amide bonds. The van der Waals surface area contributed by atoms with Gasteiger partial charge in [0.05, 0.1) is 10.9 Å². The third-order valence-electron chi connectivity index (χ3n) is 3.30. The second-order valence-corrected chi connectivity index (χ2v) is 6.95. The van der Waals surface area contributed by atoms with Crippen LogP contribution in [0.15, 0.2) is 29.2 Å². The number of nitrogens with one attached hydrogen (secondary N) is 2. The Morgan fingerprint density at radius 2 is 1.76 bits per heavy atom. The Balaban J connectivity index is 2.94. The highest BCUT2D eigenvalue weighted by molar-refractivity contribution is 7.89. The molecule has 7 heteroatoms. The zero-order valence-corrected chi connectivity index (χ0v) is 14.5. The molecular formula is C14H23N3O2S2. The van der Waals surface area contributed by atoms with Crippen LogP contribution in [0.1, 0.15) is 32.4 Å². The molecule has 0 fully saturated rings. The molecule has 0 saturated carbocycles. The molecule has 0 aliphatic heterocycles. The molecule has 1 rings (SSSR count). The van der Waals surface area contributed by atoms with Crippen molar-refractivity contribution in [1.29, 1.82) is 0 Å². The Kier molecular flexibility index (Phi) is 6.57. The minimum atomic E-state index is -3.40. The first-order chi connectivity index (χ1) is 9.86. The van der Waals surface area contributed by atoms with Crippen LogP contribution in [0, 0.1) is 0 Å². The van der Waals surface area contributed by atoms with Gasteiger partial charge in [-0.3, -0.25) is 0 Å². The van der Waals surface area contributed by atoms with Crippen LogP contribution >= 0.6 is 12.2 Å². The summed E-state index contributed by atoms with van der Waals surface area (Å²) < 4.78 is 26.2. The molecule has 0 spiro atoms. The van der Waals surface area contributed by atoms with Crippen LogP contribution in [0.4, 0.5) is 0 Å². The first kappa shape index (κ1) is 17.9. The Bertz CT molecular complexity index is 566. The number of nitrogens with zero attached hydrogens (tertiary/aromatic N) is 1. The molecular weight excluding hydrogens is 306 g/mol. The first-order valence-electron chi connectivity index (χ1n) is 6.95. The summed E-state index contributed by atoms with van der Waals surface area (Å²) in [6, 6.07) is 6.92. The molecule has 21 heavy (non-hydrogen) atoms. The minimum absolute atomic E-state index is 0.00941. The molecule has 0 saturated heterocycles. The van der Waals surface area contributed by atoms with Gasteiger partial charge in [0.15, 0.2) is 5.11 Å². The maximum absolute atomic E-state index is 12.4. The van der Waals surface area contributed by atoms with Gasteiger partial charge in [0, 0.05) is 20.1 Å². The van der Waals surface area contributed by atoms with E-state index in [0.717, 1.165) is 5.56 Å². The fourth-order valence-electron chi connectivity index (χ4n) is 1.99. The van der Waals surface area contributed by atoms with Crippen molar-refractivity contribution in [2.75, 3.05) is 20.1 Å². The van der Waals surface area contributed by atoms with Gasteiger partial charge in [0.1, 0.15) is 0 Å². The molecule has 1 aromatic rings. The van der Waals surface area contributed by atoms with E-state index in [1.54, 1.807) is 19.2 Å². The van der Waals surface area contributed by atoms with Gasteiger partial charge in [0.25, 0.3) is 0 Å². The van der Waals surface area contributed by atoms with Crippen molar-refractivity contribution in [2.24, 2.45) is 0 Å². The van der Waals surface area contributed by atoms with Crippen molar-refractivity contribution in [3.63, 3.8) is 0 Å². The van der Waals surface area contributed by atoms with Crippen molar-refractivity contribution < 1.29 is 8.42 Å². The molecule has 1 aromatic carbocycles. The van der Waals surface area contributed by atoms with E-state index in [1.165, 1.54) is 4.31 Å². The summed E-state index contributed by atoms with van der Waals surface area (Å²) in [5.41, 5.74) is 0.978. The number of hydrogen-bond donors (Lipinski definition) is 2. The number of rotatable bonds is 6. The second kappa shape index (κ2) is 7.72. The second-order valence-electron chi connectivity index (χ2n) is 4.60. The lowest BCUT2D eigenvalue weighted by molar-refractivity contribution is 0.445. The van der Waals surface area contributed by atoms with Crippen LogP contribution in [0.25, 0.3) is 0 Å². The summed E-state index contributed by atoms with van der Waals surface area (Å²) in [6.45, 7) is 6.57. The van der Waals surface area contributed by atoms with Gasteiger partial charge in [-0.2, -0.15) is 4.31 Å². The summed E-state index contributed by atoms with van der Waals surface area (Å²) in [6.07, 6.45) is 0. The first-order valence-corrected chi connectivity index (χ1v) is 8.80. The van der Waals surface area contributed by atoms with E-state index in [2.05, 4.69) is 10.6 Å². The minimum Gasteiger partial charge on any atom is -0.366 e. The van der Waals surface area contributed by atoms with Crippen molar-refractivity contribution >= 4 is 27.4 Å². The normalized spacial score (nSPS) is 13.0. The lowest BCUT2D eigenvalue weighted by Crippen LogP contribution is -2.34. The van der Waals surface area contributed by atoms with Crippen LogP contribution in [-0.2, 0) is 10.0 Å². The van der Waals surface area contributed by atoms with Crippen molar-refractivity contribution in [3.8, 4) is 0 Å². The zero-order valence-electron chi connectivity index (χ0n) is 12.9. The van der Waals surface area contributed by atoms with Gasteiger partial charge < -0.3 is 10.6 Å². The smallest absolute Gasteiger partial charge is 0.243 e. The highest BCUT2D eigenvalue weighted by atomic mass is 32.2. The van der Waals surface area contributed by atoms with Gasteiger partial charge in [-0.1, -0.05) is 26.0 Å². The van der Waals surface area contributed by atoms with E-state index in [9.17, 15) is 8.42 Å². The molecule has 0 aromatic heterocycles. The number of hydrogen-bond acceptors (Lipinski definition) is 3. The van der Waals surface area contributed by atoms with E-state index >= 15 is 0 Å². The molecule has 0 unspecified atom stereocenters. The Morgan fingerprint density at radius 3 is 2.19 bits per heavy atom. The summed E-state index contributed by atoms with van der Waals surface area (Å²) in [7, 11) is -1.64. The molecule has 0 radical (unpaired) electrons. The maximum atomic E-state index is 12.4. The van der Waals surface area contributed by atoms with Crippen LogP contribution in [0.5, 0.6) is 0 Å². The van der Waals surface area contributed by atoms with Gasteiger partial charge in [-0.15, -0.1) is 0 Å². The van der Waals surface area contributed by atoms with Crippen LogP contribution in [0.3, 0.4) is 0 Å². The predicted molar refractivity (Wildman–Crippen MR) is 89.8 cm³/mol. The van der Waals surface area contributed by atoms with Crippen molar-refractivity contribution in [3.05, 3.63) is 29.8 Å². The molecule has 1 atom stereocenters. The van der Waals surface area contributed by atoms with Gasteiger partial charge in [0.2, 0.25) is 10.0 Å². The van der Waals surface area contributed by atoms with Crippen molar-refractivity contribution in [1.82, 2.24) is 14.9 Å². The van der Waals surface area contributed by atoms with Crippen LogP contribution in [0.2, 0.25) is 0 Å². The lowest BCUT2D eigenvalue weighted by Gasteiger charge is -2.19. The average molecular weight is 329 g/mol. The lowest BCUT2D eigenvalue weighted by atomic mass is 10.1. The molecule has 2 N–H and O–H groups in total. The molecule has 0 heterocycles. The molecule has 5 nitrogen and oxygen atoms in total. The van der Waals surface area contributed by atoms with Gasteiger partial charge >= 0.3 is 0 Å². The predicted octanol–water partition coefficient (Wildman–Crippen LogP) is 1.87. The van der Waals surface area contributed by atoms with Gasteiger partial charge in [-0.05, 0) is 36.8 Å². The van der Waals surface area contributed by atoms with Crippen LogP contribution < -0.4 is 10.6 Å². The van der Waals surface area contributed by atoms with E-state index in [4.69, 9.17) is 12.2 Å². The average Bonchev–Trinajstić information content (AvgIpc) is 2.48. The standard InChI is InChI=1S/C14H23N3O2S2/c1-5-17(6-2)21(18,19)13-9-7-12(8-10-13)11(3)16-14(20)15-4/h7-11H,5-6H2,1-4H3,(H2,15,16,20)/t11-/m1/s1. The van der Waals surface area contributed by atoms with Crippen molar-refractivity contribution in [2.45, 2.75) is 31.7 Å². The quantitative estimate of drug-likeness (QED) is 0.780. The van der Waals surface area contributed by atoms with E-state index in [-0.39, 0.29) is 6.04 Å². The topological polar surface area (TPSA) is 61.4 Å².